The molecule has 2 aromatic rings. The first kappa shape index (κ1) is 16.0. The fraction of sp³-hybridized carbons (Fsp3) is 0.588. The Labute approximate surface area is 127 Å². The number of aromatic nitrogens is 2. The van der Waals surface area contributed by atoms with Crippen molar-refractivity contribution in [1.82, 2.24) is 14.9 Å². The number of aryl methyl sites for hydroxylation is 1. The number of nitrogens with zero attached hydrogens (tertiary/aromatic N) is 2. The van der Waals surface area contributed by atoms with Crippen LogP contribution in [0.3, 0.4) is 0 Å². The maximum atomic E-state index is 10.3. The fourth-order valence-electron chi connectivity index (χ4n) is 3.01. The van der Waals surface area contributed by atoms with Gasteiger partial charge in [0.1, 0.15) is 5.82 Å². The van der Waals surface area contributed by atoms with Gasteiger partial charge in [0.15, 0.2) is 0 Å². The summed E-state index contributed by atoms with van der Waals surface area (Å²) in [5.41, 5.74) is 1.54. The van der Waals surface area contributed by atoms with E-state index in [1.807, 2.05) is 25.1 Å². The molecule has 1 aromatic carbocycles. The van der Waals surface area contributed by atoms with Gasteiger partial charge in [0.05, 0.1) is 23.2 Å². The van der Waals surface area contributed by atoms with Gasteiger partial charge in [-0.25, -0.2) is 4.98 Å². The van der Waals surface area contributed by atoms with Gasteiger partial charge < -0.3 is 15.0 Å². The number of rotatable bonds is 7. The maximum Gasteiger partial charge on any atom is 0.123 e. The summed E-state index contributed by atoms with van der Waals surface area (Å²) in [6.07, 6.45) is 0.796. The van der Waals surface area contributed by atoms with E-state index in [1.165, 1.54) is 5.52 Å². The average Bonchev–Trinajstić information content (AvgIpc) is 2.74. The van der Waals surface area contributed by atoms with Crippen molar-refractivity contribution >= 4 is 11.0 Å². The molecule has 4 heteroatoms. The van der Waals surface area contributed by atoms with Gasteiger partial charge >= 0.3 is 0 Å². The second-order valence-electron chi connectivity index (χ2n) is 6.46. The summed E-state index contributed by atoms with van der Waals surface area (Å²) in [6, 6.07) is 8.20. The van der Waals surface area contributed by atoms with Gasteiger partial charge in [-0.3, -0.25) is 0 Å². The number of nitrogens with one attached hydrogen (secondary N) is 1. The fourth-order valence-corrected chi connectivity index (χ4v) is 3.01. The van der Waals surface area contributed by atoms with E-state index in [2.05, 4.69) is 41.7 Å². The molecule has 0 spiro atoms. The molecule has 0 saturated carbocycles. The minimum Gasteiger partial charge on any atom is -0.389 e. The minimum atomic E-state index is -0.669. The van der Waals surface area contributed by atoms with Crippen LogP contribution in [0.4, 0.5) is 0 Å². The summed E-state index contributed by atoms with van der Waals surface area (Å²) in [5.74, 6) is 1.51. The molecule has 1 heterocycles. The molecule has 2 rings (SSSR count). The van der Waals surface area contributed by atoms with Gasteiger partial charge in [-0.15, -0.1) is 0 Å². The lowest BCUT2D eigenvalue weighted by atomic mass is 9.94. The zero-order chi connectivity index (χ0) is 15.5. The van der Waals surface area contributed by atoms with Crippen LogP contribution in [0.5, 0.6) is 0 Å². The molecular formula is C17H27N3O. The van der Waals surface area contributed by atoms with Crippen LogP contribution in [0.25, 0.3) is 11.0 Å². The number of hydrogen-bond donors (Lipinski definition) is 2. The van der Waals surface area contributed by atoms with Crippen molar-refractivity contribution in [3.05, 3.63) is 30.1 Å². The van der Waals surface area contributed by atoms with Gasteiger partial charge in [0.25, 0.3) is 0 Å². The third kappa shape index (κ3) is 4.05. The molecule has 0 bridgehead atoms. The first-order chi connectivity index (χ1) is 9.93. The van der Waals surface area contributed by atoms with E-state index in [4.69, 9.17) is 0 Å². The molecule has 1 aromatic heterocycles. The smallest absolute Gasteiger partial charge is 0.123 e. The Balaban J connectivity index is 2.03. The number of para-hydroxylation sites is 2. The highest BCUT2D eigenvalue weighted by molar-refractivity contribution is 5.75. The average molecular weight is 289 g/mol. The van der Waals surface area contributed by atoms with Crippen LogP contribution in [0.2, 0.25) is 0 Å². The summed E-state index contributed by atoms with van der Waals surface area (Å²) in [6.45, 7) is 10.4. The zero-order valence-corrected chi connectivity index (χ0v) is 13.6. The Morgan fingerprint density at radius 2 is 2.05 bits per heavy atom. The van der Waals surface area contributed by atoms with Gasteiger partial charge in [0.2, 0.25) is 0 Å². The molecule has 0 fully saturated rings. The third-order valence-corrected chi connectivity index (χ3v) is 3.69. The Kier molecular flexibility index (Phi) is 5.01. The number of aliphatic hydroxyl groups is 1. The highest BCUT2D eigenvalue weighted by atomic mass is 16.3. The number of hydrogen-bond acceptors (Lipinski definition) is 3. The van der Waals surface area contributed by atoms with E-state index >= 15 is 0 Å². The van der Waals surface area contributed by atoms with Crippen LogP contribution in [0, 0.1) is 5.92 Å². The van der Waals surface area contributed by atoms with E-state index in [1.54, 1.807) is 0 Å². The molecule has 1 unspecified atom stereocenters. The first-order valence-electron chi connectivity index (χ1n) is 7.80. The van der Waals surface area contributed by atoms with Crippen LogP contribution in [0.15, 0.2) is 24.3 Å². The molecule has 0 aliphatic heterocycles. The van der Waals surface area contributed by atoms with Gasteiger partial charge in [-0.1, -0.05) is 26.0 Å². The second kappa shape index (κ2) is 6.58. The molecule has 4 nitrogen and oxygen atoms in total. The zero-order valence-electron chi connectivity index (χ0n) is 13.6. The van der Waals surface area contributed by atoms with Crippen molar-refractivity contribution in [2.24, 2.45) is 5.92 Å². The second-order valence-corrected chi connectivity index (χ2v) is 6.46. The lowest BCUT2D eigenvalue weighted by Gasteiger charge is -2.25. The SMILES string of the molecule is CCn1c(CNCC(C)(O)CC(C)C)nc2ccccc21. The van der Waals surface area contributed by atoms with E-state index < -0.39 is 5.60 Å². The lowest BCUT2D eigenvalue weighted by Crippen LogP contribution is -2.39. The largest absolute Gasteiger partial charge is 0.389 e. The van der Waals surface area contributed by atoms with Gasteiger partial charge in [-0.2, -0.15) is 0 Å². The molecule has 2 N–H and O–H groups in total. The molecule has 0 aliphatic carbocycles. The molecule has 1 atom stereocenters. The lowest BCUT2D eigenvalue weighted by molar-refractivity contribution is 0.0381. The summed E-state index contributed by atoms with van der Waals surface area (Å²) >= 11 is 0. The van der Waals surface area contributed by atoms with E-state index in [0.29, 0.717) is 19.0 Å². The van der Waals surface area contributed by atoms with Crippen LogP contribution < -0.4 is 5.32 Å². The van der Waals surface area contributed by atoms with Crippen molar-refractivity contribution in [2.45, 2.75) is 52.8 Å². The molecule has 116 valence electrons. The monoisotopic (exact) mass is 289 g/mol. The van der Waals surface area contributed by atoms with Crippen LogP contribution in [-0.2, 0) is 13.1 Å². The van der Waals surface area contributed by atoms with Gasteiger partial charge in [0, 0.05) is 13.1 Å². The Morgan fingerprint density at radius 1 is 1.33 bits per heavy atom. The van der Waals surface area contributed by atoms with Crippen molar-refractivity contribution in [3.8, 4) is 0 Å². The third-order valence-electron chi connectivity index (χ3n) is 3.69. The molecule has 21 heavy (non-hydrogen) atoms. The van der Waals surface area contributed by atoms with Crippen LogP contribution in [0.1, 0.15) is 39.9 Å². The normalized spacial score (nSPS) is 14.8. The Morgan fingerprint density at radius 3 is 2.71 bits per heavy atom. The molecule has 0 saturated heterocycles. The van der Waals surface area contributed by atoms with Gasteiger partial charge in [-0.05, 0) is 38.3 Å². The van der Waals surface area contributed by atoms with Crippen molar-refractivity contribution in [3.63, 3.8) is 0 Å². The molecule has 0 radical (unpaired) electrons. The van der Waals surface area contributed by atoms with Crippen molar-refractivity contribution < 1.29 is 5.11 Å². The minimum absolute atomic E-state index is 0.488. The van der Waals surface area contributed by atoms with Crippen LogP contribution >= 0.6 is 0 Å². The Bertz CT molecular complexity index is 587. The summed E-state index contributed by atoms with van der Waals surface area (Å²) < 4.78 is 2.22. The first-order valence-corrected chi connectivity index (χ1v) is 7.80. The predicted molar refractivity (Wildman–Crippen MR) is 87.2 cm³/mol. The highest BCUT2D eigenvalue weighted by Gasteiger charge is 2.21. The Hall–Kier alpha value is -1.39. The molecular weight excluding hydrogens is 262 g/mol. The van der Waals surface area contributed by atoms with E-state index in [0.717, 1.165) is 24.3 Å². The summed E-state index contributed by atoms with van der Waals surface area (Å²) in [4.78, 5) is 4.68. The van der Waals surface area contributed by atoms with Crippen molar-refractivity contribution in [2.75, 3.05) is 6.54 Å². The number of fused-ring (bicyclic) bond motifs is 1. The maximum absolute atomic E-state index is 10.3. The highest BCUT2D eigenvalue weighted by Crippen LogP contribution is 2.17. The summed E-state index contributed by atoms with van der Waals surface area (Å²) in [5, 5.41) is 13.7. The molecule has 0 amide bonds. The quantitative estimate of drug-likeness (QED) is 0.824. The van der Waals surface area contributed by atoms with E-state index in [9.17, 15) is 5.11 Å². The predicted octanol–water partition coefficient (Wildman–Crippen LogP) is 2.94. The topological polar surface area (TPSA) is 50.1 Å². The van der Waals surface area contributed by atoms with Crippen LogP contribution in [-0.4, -0.2) is 26.8 Å². The molecule has 0 aliphatic rings. The summed E-state index contributed by atoms with van der Waals surface area (Å²) in [7, 11) is 0. The standard InChI is InChI=1S/C17H27N3O/c1-5-20-15-9-7-6-8-14(15)19-16(20)11-18-12-17(4,21)10-13(2)3/h6-9,13,18,21H,5,10-12H2,1-4H3. The van der Waals surface area contributed by atoms with E-state index in [-0.39, 0.29) is 0 Å². The van der Waals surface area contributed by atoms with Crippen molar-refractivity contribution in [1.29, 1.82) is 0 Å². The number of imidazole rings is 1. The number of benzene rings is 1.